The minimum absolute atomic E-state index is 0.00235. The largest absolute Gasteiger partial charge is 0.488 e. The lowest BCUT2D eigenvalue weighted by molar-refractivity contribution is 0.0144. The molecule has 0 radical (unpaired) electrons. The fourth-order valence-corrected chi connectivity index (χ4v) is 8.96. The van der Waals surface area contributed by atoms with Gasteiger partial charge in [-0.2, -0.15) is 0 Å². The molecule has 7 rings (SSSR count). The van der Waals surface area contributed by atoms with E-state index in [1.54, 1.807) is 66.7 Å². The van der Waals surface area contributed by atoms with Gasteiger partial charge in [0, 0.05) is 29.7 Å². The van der Waals surface area contributed by atoms with Gasteiger partial charge in [-0.3, -0.25) is 14.3 Å². The Hall–Kier alpha value is -5.90. The Bertz CT molecular complexity index is 2570. The molecule has 1 heterocycles. The summed E-state index contributed by atoms with van der Waals surface area (Å²) in [6, 6.07) is 36.3. The minimum atomic E-state index is -4.09. The maximum atomic E-state index is 13.4. The van der Waals surface area contributed by atoms with E-state index >= 15 is 0 Å². The summed E-state index contributed by atoms with van der Waals surface area (Å²) in [5.74, 6) is -1.14. The highest BCUT2D eigenvalue weighted by Gasteiger charge is 2.30. The lowest BCUT2D eigenvalue weighted by Crippen LogP contribution is -2.53. The van der Waals surface area contributed by atoms with Gasteiger partial charge in [0.1, 0.15) is 11.9 Å². The maximum absolute atomic E-state index is 13.4. The molecule has 0 aromatic heterocycles. The van der Waals surface area contributed by atoms with Crippen LogP contribution in [-0.2, 0) is 36.1 Å². The van der Waals surface area contributed by atoms with E-state index in [1.165, 1.54) is 56.7 Å². The number of carbonyl (C=O) groups excluding carboxylic acids is 2. The van der Waals surface area contributed by atoms with Crippen molar-refractivity contribution in [2.24, 2.45) is 0 Å². The van der Waals surface area contributed by atoms with Crippen LogP contribution in [0.4, 0.5) is 11.4 Å². The minimum Gasteiger partial charge on any atom is -0.488 e. The third-order valence-electron chi connectivity index (χ3n) is 9.69. The quantitative estimate of drug-likeness (QED) is 0.101. The Morgan fingerprint density at radius 1 is 0.583 bits per heavy atom. The van der Waals surface area contributed by atoms with Crippen LogP contribution in [0.25, 0.3) is 22.3 Å². The first kappa shape index (κ1) is 42.2. The van der Waals surface area contributed by atoms with Gasteiger partial charge in [-0.25, -0.2) is 26.4 Å². The second-order valence-corrected chi connectivity index (χ2v) is 18.0. The molecule has 6 aromatic rings. The number of nitrogens with one attached hydrogen (secondary N) is 2. The van der Waals surface area contributed by atoms with Gasteiger partial charge in [0.25, 0.3) is 20.0 Å². The number of hydrogen-bond acceptors (Lipinski definition) is 10. The number of esters is 2. The molecule has 0 unspecified atom stereocenters. The zero-order valence-corrected chi connectivity index (χ0v) is 35.2. The van der Waals surface area contributed by atoms with Crippen LogP contribution in [-0.4, -0.2) is 67.1 Å². The van der Waals surface area contributed by atoms with Gasteiger partial charge in [0.05, 0.1) is 46.5 Å². The molecule has 0 spiro atoms. The van der Waals surface area contributed by atoms with Crippen molar-refractivity contribution in [3.05, 3.63) is 160 Å². The van der Waals surface area contributed by atoms with Crippen molar-refractivity contribution < 1.29 is 40.6 Å². The van der Waals surface area contributed by atoms with Crippen LogP contribution in [0.3, 0.4) is 0 Å². The smallest absolute Gasteiger partial charge is 0.340 e. The number of rotatable bonds is 14. The summed E-state index contributed by atoms with van der Waals surface area (Å²) in [5.41, 5.74) is 4.18. The lowest BCUT2D eigenvalue weighted by Gasteiger charge is -2.39. The first-order valence-electron chi connectivity index (χ1n) is 18.3. The molecule has 0 amide bonds. The average molecular weight is 887 g/mol. The Balaban J connectivity index is 0.978. The van der Waals surface area contributed by atoms with Gasteiger partial charge < -0.3 is 14.2 Å². The number of hydrogen-bond donors (Lipinski definition) is 2. The van der Waals surface area contributed by atoms with Gasteiger partial charge in [0.2, 0.25) is 0 Å². The van der Waals surface area contributed by atoms with Crippen molar-refractivity contribution in [3.8, 4) is 28.0 Å². The van der Waals surface area contributed by atoms with Crippen LogP contribution in [0.1, 0.15) is 26.3 Å². The van der Waals surface area contributed by atoms with Crippen LogP contribution in [0.5, 0.6) is 5.75 Å². The van der Waals surface area contributed by atoms with E-state index in [4.69, 9.17) is 37.4 Å². The second-order valence-electron chi connectivity index (χ2n) is 13.8. The number of methoxy groups -OCH3 is 2. The van der Waals surface area contributed by atoms with E-state index in [0.29, 0.717) is 35.4 Å². The Kier molecular flexibility index (Phi) is 12.5. The molecule has 1 saturated heterocycles. The van der Waals surface area contributed by atoms with Crippen molar-refractivity contribution >= 4 is 66.6 Å². The molecule has 0 aliphatic carbocycles. The Morgan fingerprint density at radius 3 is 1.42 bits per heavy atom. The van der Waals surface area contributed by atoms with Gasteiger partial charge in [-0.05, 0) is 107 Å². The monoisotopic (exact) mass is 885 g/mol. The Morgan fingerprint density at radius 2 is 0.983 bits per heavy atom. The summed E-state index contributed by atoms with van der Waals surface area (Å²) in [4.78, 5) is 27.7. The fourth-order valence-electron chi connectivity index (χ4n) is 6.54. The van der Waals surface area contributed by atoms with Crippen molar-refractivity contribution in [2.45, 2.75) is 22.4 Å². The number of anilines is 2. The summed E-state index contributed by atoms with van der Waals surface area (Å²) in [6.45, 7) is 1.39. The lowest BCUT2D eigenvalue weighted by atomic mass is 10.1. The van der Waals surface area contributed by atoms with Gasteiger partial charge in [-0.1, -0.05) is 77.8 Å². The van der Waals surface area contributed by atoms with Crippen molar-refractivity contribution in [3.63, 3.8) is 0 Å². The number of likely N-dealkylation sites (tertiary alicyclic amines) is 1. The molecule has 1 aliphatic heterocycles. The SMILES string of the molecule is COC(=O)c1cc(CN2CC(Oc3ccc(NS(=O)(=O)c4ccc(-c5ccc(Cl)cc5)cc4)c(C(=O)OC)c3)C2)ccc1NS(=O)(=O)c1ccc(-c2ccc(Cl)cc2)cc1. The predicted octanol–water partition coefficient (Wildman–Crippen LogP) is 8.77. The van der Waals surface area contributed by atoms with Crippen LogP contribution < -0.4 is 14.2 Å². The first-order valence-corrected chi connectivity index (χ1v) is 22.0. The average Bonchev–Trinajstić information content (AvgIpc) is 3.23. The summed E-state index contributed by atoms with van der Waals surface area (Å²) in [5, 5.41) is 1.18. The molecule has 2 N–H and O–H groups in total. The molecular weight excluding hydrogens is 850 g/mol. The molecule has 0 atom stereocenters. The normalized spacial score (nSPS) is 13.2. The molecule has 12 nitrogen and oxygen atoms in total. The molecule has 0 saturated carbocycles. The number of ether oxygens (including phenoxy) is 3. The summed E-state index contributed by atoms with van der Waals surface area (Å²) >= 11 is 12.0. The predicted molar refractivity (Wildman–Crippen MR) is 231 cm³/mol. The van der Waals surface area contributed by atoms with Crippen LogP contribution in [0.2, 0.25) is 10.0 Å². The molecule has 0 bridgehead atoms. The molecule has 1 fully saturated rings. The highest BCUT2D eigenvalue weighted by Crippen LogP contribution is 2.31. The van der Waals surface area contributed by atoms with Crippen molar-refractivity contribution in [1.82, 2.24) is 4.90 Å². The third-order valence-corrected chi connectivity index (χ3v) is 13.0. The van der Waals surface area contributed by atoms with E-state index in [0.717, 1.165) is 27.8 Å². The Labute approximate surface area is 357 Å². The molecular formula is C44H37Cl2N3O9S2. The van der Waals surface area contributed by atoms with Crippen molar-refractivity contribution in [2.75, 3.05) is 36.8 Å². The molecule has 16 heteroatoms. The molecule has 60 heavy (non-hydrogen) atoms. The topological polar surface area (TPSA) is 157 Å². The van der Waals surface area contributed by atoms with Crippen LogP contribution in [0, 0.1) is 0 Å². The third kappa shape index (κ3) is 9.75. The van der Waals surface area contributed by atoms with E-state index < -0.39 is 32.0 Å². The summed E-state index contributed by atoms with van der Waals surface area (Å²) in [6.07, 6.45) is -0.269. The number of halogens is 2. The van der Waals surface area contributed by atoms with Crippen molar-refractivity contribution in [1.29, 1.82) is 0 Å². The fraction of sp³-hybridized carbons (Fsp3) is 0.136. The zero-order chi connectivity index (χ0) is 42.6. The zero-order valence-electron chi connectivity index (χ0n) is 32.1. The highest BCUT2D eigenvalue weighted by molar-refractivity contribution is 7.93. The summed E-state index contributed by atoms with van der Waals surface area (Å²) in [7, 11) is -5.74. The number of nitrogens with zero attached hydrogens (tertiary/aromatic N) is 1. The highest BCUT2D eigenvalue weighted by atomic mass is 35.5. The standard InChI is InChI=1S/C44H37Cl2N3O9S2/c1-56-43(50)39-23-28(3-21-41(39)47-59(52,53)37-17-8-31(9-18-37)29-4-12-33(45)13-5-29)25-49-26-36(27-49)58-35-16-22-42(40(24-35)44(51)57-2)48-60(54,55)38-19-10-32(11-20-38)30-6-14-34(46)15-7-30/h3-24,36,47-48H,25-27H2,1-2H3. The van der Waals surface area contributed by atoms with Crippen LogP contribution >= 0.6 is 23.2 Å². The van der Waals surface area contributed by atoms with E-state index in [2.05, 4.69) is 14.3 Å². The summed E-state index contributed by atoms with van der Waals surface area (Å²) < 4.78 is 74.5. The maximum Gasteiger partial charge on any atom is 0.340 e. The molecule has 308 valence electrons. The number of benzene rings is 6. The van der Waals surface area contributed by atoms with E-state index in [9.17, 15) is 26.4 Å². The van der Waals surface area contributed by atoms with Gasteiger partial charge in [-0.15, -0.1) is 0 Å². The van der Waals surface area contributed by atoms with Gasteiger partial charge in [0.15, 0.2) is 0 Å². The van der Waals surface area contributed by atoms with Gasteiger partial charge >= 0.3 is 11.9 Å². The van der Waals surface area contributed by atoms with E-state index in [1.807, 2.05) is 24.3 Å². The molecule has 6 aromatic carbocycles. The second kappa shape index (κ2) is 17.8. The molecule has 1 aliphatic rings. The number of carbonyl (C=O) groups is 2. The van der Waals surface area contributed by atoms with E-state index in [-0.39, 0.29) is 38.4 Å². The first-order chi connectivity index (χ1) is 28.7. The number of sulfonamides is 2. The van der Waals surface area contributed by atoms with Crippen LogP contribution in [0.15, 0.2) is 143 Å².